The number of rotatable bonds is 5. The van der Waals surface area contributed by atoms with E-state index in [0.717, 1.165) is 19.3 Å². The highest BCUT2D eigenvalue weighted by Crippen LogP contribution is 2.71. The smallest absolute Gasteiger partial charge is 0.302 e. The van der Waals surface area contributed by atoms with Gasteiger partial charge in [0.05, 0.1) is 0 Å². The summed E-state index contributed by atoms with van der Waals surface area (Å²) in [6, 6.07) is 0. The van der Waals surface area contributed by atoms with Crippen LogP contribution in [0.4, 0.5) is 0 Å². The van der Waals surface area contributed by atoms with Crippen LogP contribution in [0.25, 0.3) is 0 Å². The van der Waals surface area contributed by atoms with Gasteiger partial charge >= 0.3 is 5.97 Å². The zero-order valence-electron chi connectivity index (χ0n) is 22.2. The van der Waals surface area contributed by atoms with Crippen LogP contribution in [0.5, 0.6) is 0 Å². The molecule has 0 radical (unpaired) electrons. The van der Waals surface area contributed by atoms with Gasteiger partial charge in [0.15, 0.2) is 0 Å². The van der Waals surface area contributed by atoms with Crippen molar-refractivity contribution in [3.05, 3.63) is 36.0 Å². The molecule has 6 aliphatic rings. The molecule has 3 fully saturated rings. The minimum Gasteiger partial charge on any atom is -0.462 e. The van der Waals surface area contributed by atoms with Gasteiger partial charge in [0.25, 0.3) is 0 Å². The number of fused-ring (bicyclic) bond motifs is 2. The van der Waals surface area contributed by atoms with E-state index in [9.17, 15) is 4.79 Å². The number of carbonyl (C=O) groups is 1. The summed E-state index contributed by atoms with van der Waals surface area (Å²) in [6.07, 6.45) is 17.9. The van der Waals surface area contributed by atoms with Gasteiger partial charge in [-0.05, 0) is 78.9 Å². The Morgan fingerprint density at radius 1 is 1.09 bits per heavy atom. The van der Waals surface area contributed by atoms with E-state index in [2.05, 4.69) is 71.9 Å². The van der Waals surface area contributed by atoms with Crippen molar-refractivity contribution in [1.29, 1.82) is 0 Å². The van der Waals surface area contributed by atoms with E-state index in [0.29, 0.717) is 36.0 Å². The van der Waals surface area contributed by atoms with E-state index in [1.54, 1.807) is 0 Å². The molecule has 4 nitrogen and oxygen atoms in total. The minimum absolute atomic E-state index is 0.115. The third-order valence-electron chi connectivity index (χ3n) is 10.8. The monoisotopic (exact) mass is 468 g/mol. The molecule has 0 N–H and O–H groups in total. The number of hydrogen-bond donors (Lipinski definition) is 0. The second kappa shape index (κ2) is 8.06. The Hall–Kier alpha value is -1.39. The first kappa shape index (κ1) is 24.3. The Labute approximate surface area is 206 Å². The van der Waals surface area contributed by atoms with Crippen molar-refractivity contribution >= 4 is 5.97 Å². The number of ether oxygens (including phenoxy) is 1. The molecule has 2 heterocycles. The van der Waals surface area contributed by atoms with Crippen LogP contribution in [0.3, 0.4) is 0 Å². The van der Waals surface area contributed by atoms with Crippen molar-refractivity contribution < 1.29 is 19.3 Å². The molecule has 0 amide bonds. The lowest BCUT2D eigenvalue weighted by molar-refractivity contribution is -0.455. The molecule has 188 valence electrons. The highest BCUT2D eigenvalue weighted by molar-refractivity contribution is 5.66. The second-order valence-electron chi connectivity index (χ2n) is 12.9. The third-order valence-corrected chi connectivity index (χ3v) is 10.8. The largest absolute Gasteiger partial charge is 0.462 e. The first-order valence-corrected chi connectivity index (χ1v) is 13.6. The topological polar surface area (TPSA) is 44.8 Å². The molecule has 0 aromatic carbocycles. The molecule has 0 aromatic heterocycles. The first-order valence-electron chi connectivity index (χ1n) is 13.6. The summed E-state index contributed by atoms with van der Waals surface area (Å²) in [4.78, 5) is 24.5. The maximum absolute atomic E-state index is 11.6. The van der Waals surface area contributed by atoms with Crippen molar-refractivity contribution in [3.63, 3.8) is 0 Å². The molecule has 4 aliphatic carbocycles. The van der Waals surface area contributed by atoms with Crippen molar-refractivity contribution in [2.24, 2.45) is 40.4 Å². The average Bonchev–Trinajstić information content (AvgIpc) is 3.14. The van der Waals surface area contributed by atoms with E-state index in [1.165, 1.54) is 25.3 Å². The zero-order valence-corrected chi connectivity index (χ0v) is 22.2. The Morgan fingerprint density at radius 2 is 1.85 bits per heavy atom. The molecule has 0 aromatic rings. The summed E-state index contributed by atoms with van der Waals surface area (Å²) in [5, 5.41) is 0. The van der Waals surface area contributed by atoms with Gasteiger partial charge in [-0.2, -0.15) is 0 Å². The van der Waals surface area contributed by atoms with Crippen LogP contribution in [-0.2, 0) is 19.3 Å². The van der Waals surface area contributed by atoms with Gasteiger partial charge < -0.3 is 4.74 Å². The fourth-order valence-electron chi connectivity index (χ4n) is 8.33. The molecule has 2 spiro atoms. The lowest BCUT2D eigenvalue weighted by Gasteiger charge is -2.66. The van der Waals surface area contributed by atoms with Crippen molar-refractivity contribution in [3.8, 4) is 0 Å². The standard InChI is InChI=1S/C30H44O4/c1-19(2)20(3)8-9-21(4)24-10-11-25-27(24,6)14-13-26-28(7)15-12-23(32-22(5)31)18-29(28)16-17-30(25,26)34-33-29/h8-9,13,16-17,19-21,23-25H,10-12,14-15,18H2,1-7H3/b9-8+/t20-,21+,23+,24+,25-,27+,28+,29+,30-/m0/s1. The number of carbonyl (C=O) groups excluding carboxylic acids is 1. The van der Waals surface area contributed by atoms with Gasteiger partial charge in [-0.1, -0.05) is 59.8 Å². The lowest BCUT2D eigenvalue weighted by atomic mass is 9.46. The predicted octanol–water partition coefficient (Wildman–Crippen LogP) is 6.96. The highest BCUT2D eigenvalue weighted by atomic mass is 17.2. The maximum atomic E-state index is 11.6. The van der Waals surface area contributed by atoms with Crippen LogP contribution in [-0.4, -0.2) is 23.3 Å². The van der Waals surface area contributed by atoms with E-state index in [1.807, 2.05) is 0 Å². The molecule has 0 unspecified atom stereocenters. The third kappa shape index (κ3) is 3.27. The molecule has 2 saturated carbocycles. The molecule has 6 rings (SSSR count). The summed E-state index contributed by atoms with van der Waals surface area (Å²) >= 11 is 0. The molecule has 2 bridgehead atoms. The fourth-order valence-corrected chi connectivity index (χ4v) is 8.33. The number of allylic oxidation sites excluding steroid dienone is 3. The van der Waals surface area contributed by atoms with Crippen molar-refractivity contribution in [2.75, 3.05) is 0 Å². The van der Waals surface area contributed by atoms with E-state index < -0.39 is 11.2 Å². The van der Waals surface area contributed by atoms with Gasteiger partial charge in [-0.3, -0.25) is 4.79 Å². The van der Waals surface area contributed by atoms with Gasteiger partial charge in [0, 0.05) is 24.7 Å². The lowest BCUT2D eigenvalue weighted by Crippen LogP contribution is -2.69. The summed E-state index contributed by atoms with van der Waals surface area (Å²) in [5.41, 5.74) is 0.489. The molecule has 4 heteroatoms. The van der Waals surface area contributed by atoms with Crippen LogP contribution >= 0.6 is 0 Å². The Bertz CT molecular complexity index is 932. The fraction of sp³-hybridized carbons (Fsp3) is 0.767. The molecule has 9 atom stereocenters. The van der Waals surface area contributed by atoms with E-state index >= 15 is 0 Å². The van der Waals surface area contributed by atoms with Gasteiger partial charge in [-0.15, -0.1) is 0 Å². The minimum atomic E-state index is -0.548. The van der Waals surface area contributed by atoms with E-state index in [-0.39, 0.29) is 22.9 Å². The van der Waals surface area contributed by atoms with Crippen LogP contribution in [0.15, 0.2) is 36.0 Å². The van der Waals surface area contributed by atoms with Gasteiger partial charge in [-0.25, -0.2) is 9.78 Å². The molecular weight excluding hydrogens is 424 g/mol. The molecular formula is C30H44O4. The van der Waals surface area contributed by atoms with Crippen LogP contribution in [0.2, 0.25) is 0 Å². The second-order valence-corrected chi connectivity index (χ2v) is 12.9. The SMILES string of the molecule is CC(=O)O[C@@H]1CC[C@]2(C)C3=CC[C@]4(C)[C@@H]([C@H](C)/C=C/[C@H](C)C(C)C)CC[C@@H]4[C@@]34C=C[C@]2(C1)OO4. The normalized spacial score (nSPS) is 46.6. The first-order chi connectivity index (χ1) is 16.0. The van der Waals surface area contributed by atoms with Crippen molar-refractivity contribution in [1.82, 2.24) is 0 Å². The molecule has 34 heavy (non-hydrogen) atoms. The molecule has 1 saturated heterocycles. The maximum Gasteiger partial charge on any atom is 0.302 e. The summed E-state index contributed by atoms with van der Waals surface area (Å²) in [7, 11) is 0. The van der Waals surface area contributed by atoms with Crippen LogP contribution in [0, 0.1) is 40.4 Å². The quantitative estimate of drug-likeness (QED) is 0.248. The highest BCUT2D eigenvalue weighted by Gasteiger charge is 2.72. The van der Waals surface area contributed by atoms with Crippen LogP contribution < -0.4 is 0 Å². The summed E-state index contributed by atoms with van der Waals surface area (Å²) < 4.78 is 5.61. The van der Waals surface area contributed by atoms with E-state index in [4.69, 9.17) is 14.5 Å². The summed E-state index contributed by atoms with van der Waals surface area (Å²) in [6.45, 7) is 15.7. The Kier molecular flexibility index (Phi) is 5.76. The average molecular weight is 469 g/mol. The Balaban J connectivity index is 1.45. The number of esters is 1. The number of hydrogen-bond acceptors (Lipinski definition) is 4. The van der Waals surface area contributed by atoms with Crippen molar-refractivity contribution in [2.45, 2.75) is 104 Å². The van der Waals surface area contributed by atoms with Gasteiger partial charge in [0.2, 0.25) is 0 Å². The summed E-state index contributed by atoms with van der Waals surface area (Å²) in [5.74, 6) is 2.67. The van der Waals surface area contributed by atoms with Gasteiger partial charge in [0.1, 0.15) is 17.3 Å². The Morgan fingerprint density at radius 3 is 2.50 bits per heavy atom. The van der Waals surface area contributed by atoms with Crippen LogP contribution in [0.1, 0.15) is 87.0 Å². The molecule has 2 aliphatic heterocycles. The zero-order chi connectivity index (χ0) is 24.5. The predicted molar refractivity (Wildman–Crippen MR) is 134 cm³/mol.